The highest BCUT2D eigenvalue weighted by atomic mass is 16.6. The van der Waals surface area contributed by atoms with E-state index in [-0.39, 0.29) is 11.9 Å². The van der Waals surface area contributed by atoms with Gasteiger partial charge in [0.05, 0.1) is 0 Å². The molecule has 108 valence electrons. The van der Waals surface area contributed by atoms with Gasteiger partial charge in [0.25, 0.3) is 5.91 Å². The van der Waals surface area contributed by atoms with E-state index >= 15 is 0 Å². The highest BCUT2D eigenvalue weighted by Crippen LogP contribution is 2.19. The maximum atomic E-state index is 11.8. The first kappa shape index (κ1) is 14.4. The molecule has 1 saturated carbocycles. The van der Waals surface area contributed by atoms with E-state index in [2.05, 4.69) is 5.32 Å². The lowest BCUT2D eigenvalue weighted by molar-refractivity contribution is -0.160. The molecule has 2 atom stereocenters. The summed E-state index contributed by atoms with van der Waals surface area (Å²) in [6.45, 7) is 3.16. The molecular weight excluding hydrogens is 258 g/mol. The van der Waals surface area contributed by atoms with Gasteiger partial charge in [-0.15, -0.1) is 0 Å². The van der Waals surface area contributed by atoms with Gasteiger partial charge in [0.1, 0.15) is 5.75 Å². The molecular formula is C15H19NO4. The van der Waals surface area contributed by atoms with Gasteiger partial charge in [-0.3, -0.25) is 4.79 Å². The Morgan fingerprint density at radius 1 is 1.15 bits per heavy atom. The van der Waals surface area contributed by atoms with E-state index in [0.29, 0.717) is 5.75 Å². The predicted molar refractivity (Wildman–Crippen MR) is 73.3 cm³/mol. The summed E-state index contributed by atoms with van der Waals surface area (Å²) in [6, 6.07) is 9.26. The molecule has 0 radical (unpaired) electrons. The molecule has 1 aromatic carbocycles. The Balaban J connectivity index is 1.79. The first-order valence-electron chi connectivity index (χ1n) is 6.79. The van der Waals surface area contributed by atoms with Crippen LogP contribution in [-0.2, 0) is 14.3 Å². The van der Waals surface area contributed by atoms with Crippen molar-refractivity contribution in [2.45, 2.75) is 44.9 Å². The minimum absolute atomic E-state index is 0.252. The van der Waals surface area contributed by atoms with E-state index in [1.165, 1.54) is 0 Å². The molecule has 1 fully saturated rings. The van der Waals surface area contributed by atoms with Crippen LogP contribution in [0.4, 0.5) is 0 Å². The standard InChI is InChI=1S/C15H19NO4/c1-10(14(17)16-12-8-9-12)20-15(18)11(2)19-13-6-4-3-5-7-13/h3-7,10-12H,8-9H2,1-2H3,(H,16,17)/t10-,11-/m1/s1. The zero-order chi connectivity index (χ0) is 14.5. The van der Waals surface area contributed by atoms with Gasteiger partial charge in [-0.25, -0.2) is 4.79 Å². The second kappa shape index (κ2) is 6.41. The van der Waals surface area contributed by atoms with Crippen LogP contribution in [-0.4, -0.2) is 30.1 Å². The summed E-state index contributed by atoms with van der Waals surface area (Å²) in [6.07, 6.45) is 0.443. The fourth-order valence-electron chi connectivity index (χ4n) is 1.62. The molecule has 20 heavy (non-hydrogen) atoms. The molecule has 0 heterocycles. The SMILES string of the molecule is C[C@@H](OC(=O)[C@@H](C)Oc1ccccc1)C(=O)NC1CC1. The van der Waals surface area contributed by atoms with Crippen LogP contribution >= 0.6 is 0 Å². The van der Waals surface area contributed by atoms with E-state index in [1.54, 1.807) is 26.0 Å². The van der Waals surface area contributed by atoms with Crippen molar-refractivity contribution in [3.63, 3.8) is 0 Å². The lowest BCUT2D eigenvalue weighted by Crippen LogP contribution is -2.39. The lowest BCUT2D eigenvalue weighted by atomic mass is 10.3. The van der Waals surface area contributed by atoms with Gasteiger partial charge in [-0.2, -0.15) is 0 Å². The first-order chi connectivity index (χ1) is 9.56. The van der Waals surface area contributed by atoms with Crippen molar-refractivity contribution in [3.8, 4) is 5.75 Å². The highest BCUT2D eigenvalue weighted by Gasteiger charge is 2.28. The van der Waals surface area contributed by atoms with Crippen LogP contribution in [0.2, 0.25) is 0 Å². The minimum atomic E-state index is -0.801. The highest BCUT2D eigenvalue weighted by molar-refractivity contribution is 5.84. The summed E-state index contributed by atoms with van der Waals surface area (Å²) in [5.74, 6) is -0.216. The maximum absolute atomic E-state index is 11.8. The lowest BCUT2D eigenvalue weighted by Gasteiger charge is -2.17. The van der Waals surface area contributed by atoms with Gasteiger partial charge < -0.3 is 14.8 Å². The summed E-state index contributed by atoms with van der Waals surface area (Å²) in [5, 5.41) is 2.79. The number of para-hydroxylation sites is 1. The minimum Gasteiger partial charge on any atom is -0.479 e. The van der Waals surface area contributed by atoms with E-state index < -0.39 is 18.2 Å². The third-order valence-electron chi connectivity index (χ3n) is 2.97. The van der Waals surface area contributed by atoms with Crippen molar-refractivity contribution in [2.24, 2.45) is 0 Å². The van der Waals surface area contributed by atoms with Crippen LogP contribution in [0.15, 0.2) is 30.3 Å². The topological polar surface area (TPSA) is 64.6 Å². The Bertz CT molecular complexity index is 470. The Hall–Kier alpha value is -2.04. The second-order valence-corrected chi connectivity index (χ2v) is 4.94. The van der Waals surface area contributed by atoms with Crippen LogP contribution in [0.3, 0.4) is 0 Å². The molecule has 1 amide bonds. The molecule has 0 saturated heterocycles. The number of amides is 1. The number of benzene rings is 1. The average Bonchev–Trinajstić information content (AvgIpc) is 3.23. The smallest absolute Gasteiger partial charge is 0.347 e. The third-order valence-corrected chi connectivity index (χ3v) is 2.97. The molecule has 1 aromatic rings. The van der Waals surface area contributed by atoms with E-state index in [4.69, 9.17) is 9.47 Å². The molecule has 1 aliphatic rings. The van der Waals surface area contributed by atoms with Gasteiger partial charge in [0.2, 0.25) is 0 Å². The van der Waals surface area contributed by atoms with Crippen molar-refractivity contribution < 1.29 is 19.1 Å². The van der Waals surface area contributed by atoms with E-state index in [9.17, 15) is 9.59 Å². The third kappa shape index (κ3) is 4.26. The molecule has 0 bridgehead atoms. The van der Waals surface area contributed by atoms with Crippen molar-refractivity contribution in [2.75, 3.05) is 0 Å². The van der Waals surface area contributed by atoms with Crippen LogP contribution in [0.1, 0.15) is 26.7 Å². The van der Waals surface area contributed by atoms with Gasteiger partial charge in [0.15, 0.2) is 12.2 Å². The molecule has 0 aliphatic heterocycles. The number of esters is 1. The molecule has 5 heteroatoms. The average molecular weight is 277 g/mol. The van der Waals surface area contributed by atoms with Crippen LogP contribution in [0.5, 0.6) is 5.75 Å². The Morgan fingerprint density at radius 3 is 2.40 bits per heavy atom. The van der Waals surface area contributed by atoms with Gasteiger partial charge >= 0.3 is 5.97 Å². The molecule has 0 unspecified atom stereocenters. The Labute approximate surface area is 118 Å². The Morgan fingerprint density at radius 2 is 1.80 bits per heavy atom. The van der Waals surface area contributed by atoms with Gasteiger partial charge in [0, 0.05) is 6.04 Å². The number of carbonyl (C=O) groups is 2. The van der Waals surface area contributed by atoms with Crippen LogP contribution < -0.4 is 10.1 Å². The molecule has 0 aromatic heterocycles. The molecule has 5 nitrogen and oxygen atoms in total. The fraction of sp³-hybridized carbons (Fsp3) is 0.467. The van der Waals surface area contributed by atoms with Gasteiger partial charge in [-0.1, -0.05) is 18.2 Å². The molecule has 1 N–H and O–H groups in total. The first-order valence-corrected chi connectivity index (χ1v) is 6.79. The van der Waals surface area contributed by atoms with Crippen LogP contribution in [0, 0.1) is 0 Å². The van der Waals surface area contributed by atoms with Crippen LogP contribution in [0.25, 0.3) is 0 Å². The second-order valence-electron chi connectivity index (χ2n) is 4.94. The van der Waals surface area contributed by atoms with Crippen molar-refractivity contribution in [3.05, 3.63) is 30.3 Å². The fourth-order valence-corrected chi connectivity index (χ4v) is 1.62. The Kier molecular flexibility index (Phi) is 4.61. The van der Waals surface area contributed by atoms with Gasteiger partial charge in [-0.05, 0) is 38.8 Å². The normalized spacial score (nSPS) is 16.9. The van der Waals surface area contributed by atoms with Crippen molar-refractivity contribution >= 4 is 11.9 Å². The summed E-state index contributed by atoms with van der Waals surface area (Å²) < 4.78 is 10.5. The number of rotatable bonds is 6. The van der Waals surface area contributed by atoms with Crippen molar-refractivity contribution in [1.82, 2.24) is 5.32 Å². The quantitative estimate of drug-likeness (QED) is 0.803. The summed E-state index contributed by atoms with van der Waals surface area (Å²) in [7, 11) is 0. The molecule has 0 spiro atoms. The molecule has 1 aliphatic carbocycles. The van der Waals surface area contributed by atoms with Crippen molar-refractivity contribution in [1.29, 1.82) is 0 Å². The zero-order valence-electron chi connectivity index (χ0n) is 11.7. The largest absolute Gasteiger partial charge is 0.479 e. The summed E-state index contributed by atoms with van der Waals surface area (Å²) >= 11 is 0. The number of hydrogen-bond acceptors (Lipinski definition) is 4. The van der Waals surface area contributed by atoms with E-state index in [1.807, 2.05) is 18.2 Å². The number of ether oxygens (including phenoxy) is 2. The summed E-state index contributed by atoms with van der Waals surface area (Å²) in [5.41, 5.74) is 0. The monoisotopic (exact) mass is 277 g/mol. The molecule has 2 rings (SSSR count). The number of carbonyl (C=O) groups excluding carboxylic acids is 2. The zero-order valence-corrected chi connectivity index (χ0v) is 11.7. The van der Waals surface area contributed by atoms with E-state index in [0.717, 1.165) is 12.8 Å². The predicted octanol–water partition coefficient (Wildman–Crippen LogP) is 1.66. The number of hydrogen-bond donors (Lipinski definition) is 1. The summed E-state index contributed by atoms with van der Waals surface area (Å²) in [4.78, 5) is 23.5. The maximum Gasteiger partial charge on any atom is 0.347 e. The number of nitrogens with one attached hydrogen (secondary N) is 1.